The van der Waals surface area contributed by atoms with Crippen molar-refractivity contribution in [3.05, 3.63) is 20.8 Å². The van der Waals surface area contributed by atoms with E-state index in [2.05, 4.69) is 34.3 Å². The van der Waals surface area contributed by atoms with Gasteiger partial charge in [0.1, 0.15) is 0 Å². The Bertz CT molecular complexity index is 247. The van der Waals surface area contributed by atoms with Gasteiger partial charge in [0.15, 0.2) is 0 Å². The van der Waals surface area contributed by atoms with Gasteiger partial charge < -0.3 is 5.11 Å². The third-order valence-electron chi connectivity index (χ3n) is 1.97. The van der Waals surface area contributed by atoms with Crippen LogP contribution in [0.2, 0.25) is 0 Å². The van der Waals surface area contributed by atoms with Gasteiger partial charge in [0.25, 0.3) is 0 Å². The summed E-state index contributed by atoms with van der Waals surface area (Å²) in [5.41, 5.74) is 0. The molecule has 0 fully saturated rings. The minimum Gasteiger partial charge on any atom is -0.393 e. The average Bonchev–Trinajstić information content (AvgIpc) is 2.49. The van der Waals surface area contributed by atoms with Crippen LogP contribution in [0.25, 0.3) is 0 Å². The van der Waals surface area contributed by atoms with Crippen molar-refractivity contribution in [3.8, 4) is 0 Å². The normalized spacial score (nSPS) is 13.2. The molecule has 0 radical (unpaired) electrons. The molecule has 74 valence electrons. The molecule has 13 heavy (non-hydrogen) atoms. The van der Waals surface area contributed by atoms with Gasteiger partial charge in [0.05, 0.1) is 6.10 Å². The average molecular weight is 263 g/mol. The van der Waals surface area contributed by atoms with Crippen LogP contribution < -0.4 is 0 Å². The largest absolute Gasteiger partial charge is 0.393 e. The van der Waals surface area contributed by atoms with Crippen molar-refractivity contribution in [3.63, 3.8) is 0 Å². The fourth-order valence-electron chi connectivity index (χ4n) is 1.27. The first-order valence-electron chi connectivity index (χ1n) is 4.63. The van der Waals surface area contributed by atoms with Gasteiger partial charge in [-0.1, -0.05) is 13.3 Å². The van der Waals surface area contributed by atoms with Gasteiger partial charge in [0, 0.05) is 14.7 Å². The molecule has 0 saturated heterocycles. The summed E-state index contributed by atoms with van der Waals surface area (Å²) in [5.74, 6) is 0. The molecule has 1 heterocycles. The van der Waals surface area contributed by atoms with E-state index >= 15 is 0 Å². The van der Waals surface area contributed by atoms with Gasteiger partial charge in [-0.25, -0.2) is 0 Å². The van der Waals surface area contributed by atoms with Gasteiger partial charge >= 0.3 is 0 Å². The van der Waals surface area contributed by atoms with Crippen LogP contribution in [-0.2, 0) is 6.42 Å². The van der Waals surface area contributed by atoms with Crippen molar-refractivity contribution in [2.45, 2.75) is 38.7 Å². The summed E-state index contributed by atoms with van der Waals surface area (Å²) in [4.78, 5) is 1.35. The number of hydrogen-bond donors (Lipinski definition) is 1. The molecule has 0 saturated carbocycles. The summed E-state index contributed by atoms with van der Waals surface area (Å²) in [6.07, 6.45) is 3.76. The highest BCUT2D eigenvalue weighted by atomic mass is 79.9. The fraction of sp³-hybridized carbons (Fsp3) is 0.600. The molecule has 0 amide bonds. The van der Waals surface area contributed by atoms with Gasteiger partial charge in [-0.3, -0.25) is 0 Å². The lowest BCUT2D eigenvalue weighted by Gasteiger charge is -2.06. The SMILES string of the molecule is CCCC(O)CCc1cc(Br)cs1. The summed E-state index contributed by atoms with van der Waals surface area (Å²) in [6, 6.07) is 2.13. The Balaban J connectivity index is 2.26. The first-order valence-corrected chi connectivity index (χ1v) is 6.30. The molecule has 0 bridgehead atoms. The summed E-state index contributed by atoms with van der Waals surface area (Å²) in [7, 11) is 0. The van der Waals surface area contributed by atoms with Crippen LogP contribution in [0.15, 0.2) is 15.9 Å². The molecule has 3 heteroatoms. The smallest absolute Gasteiger partial charge is 0.0543 e. The number of aliphatic hydroxyl groups excluding tert-OH is 1. The number of hydrogen-bond acceptors (Lipinski definition) is 2. The molecule has 0 aliphatic heterocycles. The fourth-order valence-corrected chi connectivity index (χ4v) is 2.74. The maximum absolute atomic E-state index is 9.51. The van der Waals surface area contributed by atoms with Crippen LogP contribution >= 0.6 is 27.3 Å². The lowest BCUT2D eigenvalue weighted by Crippen LogP contribution is -2.06. The van der Waals surface area contributed by atoms with Gasteiger partial charge in [-0.2, -0.15) is 0 Å². The molecular formula is C10H15BrOS. The zero-order valence-corrected chi connectivity index (χ0v) is 10.2. The molecule has 1 atom stereocenters. The van der Waals surface area contributed by atoms with Crippen molar-refractivity contribution >= 4 is 27.3 Å². The minimum absolute atomic E-state index is 0.120. The van der Waals surface area contributed by atoms with E-state index in [0.717, 1.165) is 30.2 Å². The van der Waals surface area contributed by atoms with Crippen molar-refractivity contribution in [1.29, 1.82) is 0 Å². The van der Waals surface area contributed by atoms with E-state index in [1.807, 2.05) is 0 Å². The first kappa shape index (κ1) is 11.2. The standard InChI is InChI=1S/C10H15BrOS/c1-2-3-9(12)4-5-10-6-8(11)7-13-10/h6-7,9,12H,2-5H2,1H3. The van der Waals surface area contributed by atoms with Crippen LogP contribution in [-0.4, -0.2) is 11.2 Å². The van der Waals surface area contributed by atoms with Crippen molar-refractivity contribution < 1.29 is 5.11 Å². The molecule has 1 aromatic rings. The van der Waals surface area contributed by atoms with Crippen molar-refractivity contribution in [1.82, 2.24) is 0 Å². The summed E-state index contributed by atoms with van der Waals surface area (Å²) < 4.78 is 1.15. The second-order valence-corrected chi connectivity index (χ2v) is 5.12. The van der Waals surface area contributed by atoms with Crippen molar-refractivity contribution in [2.24, 2.45) is 0 Å². The van der Waals surface area contributed by atoms with Crippen LogP contribution in [0, 0.1) is 0 Å². The van der Waals surface area contributed by atoms with Crippen LogP contribution in [0.3, 0.4) is 0 Å². The van der Waals surface area contributed by atoms with E-state index in [1.165, 1.54) is 4.88 Å². The Hall–Kier alpha value is 0.140. The molecule has 0 aliphatic rings. The third kappa shape index (κ3) is 4.25. The highest BCUT2D eigenvalue weighted by Crippen LogP contribution is 2.21. The first-order chi connectivity index (χ1) is 6.22. The summed E-state index contributed by atoms with van der Waals surface area (Å²) in [6.45, 7) is 2.10. The Labute approximate surface area is 91.9 Å². The second-order valence-electron chi connectivity index (χ2n) is 3.21. The van der Waals surface area contributed by atoms with E-state index in [-0.39, 0.29) is 6.10 Å². The lowest BCUT2D eigenvalue weighted by molar-refractivity contribution is 0.154. The van der Waals surface area contributed by atoms with E-state index in [4.69, 9.17) is 0 Å². The van der Waals surface area contributed by atoms with Crippen LogP contribution in [0.4, 0.5) is 0 Å². The zero-order valence-electron chi connectivity index (χ0n) is 7.79. The quantitative estimate of drug-likeness (QED) is 0.860. The Morgan fingerprint density at radius 2 is 2.31 bits per heavy atom. The number of aliphatic hydroxyl groups is 1. The van der Waals surface area contributed by atoms with E-state index in [1.54, 1.807) is 11.3 Å². The molecule has 1 rings (SSSR count). The monoisotopic (exact) mass is 262 g/mol. The number of aryl methyl sites for hydroxylation is 1. The summed E-state index contributed by atoms with van der Waals surface area (Å²) >= 11 is 5.17. The van der Waals surface area contributed by atoms with Crippen LogP contribution in [0.5, 0.6) is 0 Å². The molecule has 0 aromatic carbocycles. The second kappa shape index (κ2) is 5.78. The third-order valence-corrected chi connectivity index (χ3v) is 3.73. The van der Waals surface area contributed by atoms with E-state index in [0.29, 0.717) is 0 Å². The Kier molecular flexibility index (Phi) is 4.99. The van der Waals surface area contributed by atoms with Gasteiger partial charge in [0.2, 0.25) is 0 Å². The molecule has 0 spiro atoms. The molecular weight excluding hydrogens is 248 g/mol. The number of halogens is 1. The van der Waals surface area contributed by atoms with Crippen molar-refractivity contribution in [2.75, 3.05) is 0 Å². The Morgan fingerprint density at radius 3 is 2.85 bits per heavy atom. The predicted molar refractivity (Wildman–Crippen MR) is 61.3 cm³/mol. The molecule has 1 nitrogen and oxygen atoms in total. The Morgan fingerprint density at radius 1 is 1.54 bits per heavy atom. The van der Waals surface area contributed by atoms with Crippen LogP contribution in [0.1, 0.15) is 31.1 Å². The highest BCUT2D eigenvalue weighted by Gasteiger charge is 2.04. The highest BCUT2D eigenvalue weighted by molar-refractivity contribution is 9.10. The van der Waals surface area contributed by atoms with Gasteiger partial charge in [-0.15, -0.1) is 11.3 Å². The number of thiophene rings is 1. The maximum Gasteiger partial charge on any atom is 0.0543 e. The lowest BCUT2D eigenvalue weighted by atomic mass is 10.1. The van der Waals surface area contributed by atoms with E-state index < -0.39 is 0 Å². The molecule has 1 aromatic heterocycles. The topological polar surface area (TPSA) is 20.2 Å². The molecule has 1 N–H and O–H groups in total. The maximum atomic E-state index is 9.51. The molecule has 0 aliphatic carbocycles. The van der Waals surface area contributed by atoms with E-state index in [9.17, 15) is 5.11 Å². The molecule has 1 unspecified atom stereocenters. The predicted octanol–water partition coefficient (Wildman–Crippen LogP) is 3.60. The minimum atomic E-state index is -0.120. The number of rotatable bonds is 5. The van der Waals surface area contributed by atoms with Gasteiger partial charge in [-0.05, 0) is 41.3 Å². The summed E-state index contributed by atoms with van der Waals surface area (Å²) in [5, 5.41) is 11.6. The zero-order chi connectivity index (χ0) is 9.68.